The van der Waals surface area contributed by atoms with E-state index >= 15 is 0 Å². The maximum atomic E-state index is 10.8. The molecule has 0 aliphatic carbocycles. The zero-order valence-electron chi connectivity index (χ0n) is 10.5. The third-order valence-electron chi connectivity index (χ3n) is 2.67. The van der Waals surface area contributed by atoms with Crippen molar-refractivity contribution in [2.24, 2.45) is 0 Å². The lowest BCUT2D eigenvalue weighted by Crippen LogP contribution is -2.02. The van der Waals surface area contributed by atoms with Crippen LogP contribution in [0.4, 0.5) is 11.4 Å². The molecule has 0 bridgehead atoms. The molecule has 0 saturated heterocycles. The molecule has 1 aromatic heterocycles. The van der Waals surface area contributed by atoms with Gasteiger partial charge >= 0.3 is 0 Å². The molecular formula is C12H13ClN4O3. The van der Waals surface area contributed by atoms with Crippen LogP contribution in [-0.2, 0) is 13.1 Å². The van der Waals surface area contributed by atoms with E-state index < -0.39 is 4.92 Å². The lowest BCUT2D eigenvalue weighted by molar-refractivity contribution is -0.384. The summed E-state index contributed by atoms with van der Waals surface area (Å²) in [5, 5.41) is 26.8. The standard InChI is InChI=1S/C12H13ClN4O3/c13-11-2-1-9(5-12(11)17(19)20)6-14-10-7-15-16(8-10)3-4-18/h1-2,5,7-8,14,18H,3-4,6H2. The fourth-order valence-electron chi connectivity index (χ4n) is 1.69. The van der Waals surface area contributed by atoms with Crippen LogP contribution in [0.5, 0.6) is 0 Å². The fourth-order valence-corrected chi connectivity index (χ4v) is 1.88. The molecule has 7 nitrogen and oxygen atoms in total. The van der Waals surface area contributed by atoms with Crippen molar-refractivity contribution in [3.05, 3.63) is 51.3 Å². The molecule has 106 valence electrons. The van der Waals surface area contributed by atoms with Crippen molar-refractivity contribution in [2.45, 2.75) is 13.1 Å². The Morgan fingerprint density at radius 2 is 2.30 bits per heavy atom. The van der Waals surface area contributed by atoms with Gasteiger partial charge in [-0.05, 0) is 11.6 Å². The van der Waals surface area contributed by atoms with Crippen molar-refractivity contribution in [2.75, 3.05) is 11.9 Å². The third-order valence-corrected chi connectivity index (χ3v) is 2.99. The number of rotatable bonds is 6. The summed E-state index contributed by atoms with van der Waals surface area (Å²) in [6.45, 7) is 0.863. The van der Waals surface area contributed by atoms with Gasteiger partial charge in [0.05, 0.1) is 30.0 Å². The maximum absolute atomic E-state index is 10.8. The van der Waals surface area contributed by atoms with Crippen LogP contribution in [-0.4, -0.2) is 26.4 Å². The number of nitro groups is 1. The second-order valence-electron chi connectivity index (χ2n) is 4.11. The molecular weight excluding hydrogens is 284 g/mol. The van der Waals surface area contributed by atoms with Gasteiger partial charge < -0.3 is 10.4 Å². The average molecular weight is 297 g/mol. The first kappa shape index (κ1) is 14.3. The highest BCUT2D eigenvalue weighted by molar-refractivity contribution is 6.32. The number of aliphatic hydroxyl groups is 1. The molecule has 1 heterocycles. The number of aromatic nitrogens is 2. The Balaban J connectivity index is 2.03. The van der Waals surface area contributed by atoms with Gasteiger partial charge in [0.2, 0.25) is 0 Å². The molecule has 20 heavy (non-hydrogen) atoms. The molecule has 2 N–H and O–H groups in total. The van der Waals surface area contributed by atoms with Crippen molar-refractivity contribution < 1.29 is 10.0 Å². The molecule has 2 rings (SSSR count). The highest BCUT2D eigenvalue weighted by atomic mass is 35.5. The molecule has 0 radical (unpaired) electrons. The summed E-state index contributed by atoms with van der Waals surface area (Å²) in [4.78, 5) is 10.3. The zero-order valence-corrected chi connectivity index (χ0v) is 11.2. The molecule has 0 fully saturated rings. The smallest absolute Gasteiger partial charge is 0.288 e. The summed E-state index contributed by atoms with van der Waals surface area (Å²) in [5.41, 5.74) is 1.41. The monoisotopic (exact) mass is 296 g/mol. The zero-order chi connectivity index (χ0) is 14.5. The first-order valence-electron chi connectivity index (χ1n) is 5.90. The Bertz CT molecular complexity index is 614. The largest absolute Gasteiger partial charge is 0.394 e. The van der Waals surface area contributed by atoms with Crippen LogP contribution in [0.2, 0.25) is 5.02 Å². The predicted octanol–water partition coefficient (Wildman–Crippen LogP) is 2.05. The number of aliphatic hydroxyl groups excluding tert-OH is 1. The van der Waals surface area contributed by atoms with Crippen molar-refractivity contribution >= 4 is 23.0 Å². The molecule has 0 saturated carbocycles. The summed E-state index contributed by atoms with van der Waals surface area (Å²) in [5.74, 6) is 0. The van der Waals surface area contributed by atoms with Crippen molar-refractivity contribution in [3.63, 3.8) is 0 Å². The minimum atomic E-state index is -0.509. The number of nitrogens with one attached hydrogen (secondary N) is 1. The van der Waals surface area contributed by atoms with Gasteiger partial charge in [0.15, 0.2) is 0 Å². The Morgan fingerprint density at radius 1 is 1.50 bits per heavy atom. The first-order chi connectivity index (χ1) is 9.60. The van der Waals surface area contributed by atoms with E-state index in [0.717, 1.165) is 11.3 Å². The molecule has 2 aromatic rings. The summed E-state index contributed by atoms with van der Waals surface area (Å²) < 4.78 is 1.60. The lowest BCUT2D eigenvalue weighted by atomic mass is 10.2. The number of nitro benzene ring substituents is 1. The number of halogens is 1. The second kappa shape index (κ2) is 6.36. The summed E-state index contributed by atoms with van der Waals surface area (Å²) >= 11 is 5.75. The van der Waals surface area contributed by atoms with E-state index in [4.69, 9.17) is 16.7 Å². The highest BCUT2D eigenvalue weighted by Crippen LogP contribution is 2.25. The van der Waals surface area contributed by atoms with Crippen LogP contribution in [0.3, 0.4) is 0 Å². The summed E-state index contributed by atoms with van der Waals surface area (Å²) in [6.07, 6.45) is 3.38. The van der Waals surface area contributed by atoms with Crippen LogP contribution in [0.25, 0.3) is 0 Å². The van der Waals surface area contributed by atoms with Gasteiger partial charge in [-0.3, -0.25) is 14.8 Å². The fraction of sp³-hybridized carbons (Fsp3) is 0.250. The van der Waals surface area contributed by atoms with E-state index in [2.05, 4.69) is 10.4 Å². The topological polar surface area (TPSA) is 93.2 Å². The highest BCUT2D eigenvalue weighted by Gasteiger charge is 2.12. The van der Waals surface area contributed by atoms with Gasteiger partial charge in [0, 0.05) is 18.8 Å². The van der Waals surface area contributed by atoms with Gasteiger partial charge in [-0.25, -0.2) is 0 Å². The van der Waals surface area contributed by atoms with E-state index in [1.807, 2.05) is 0 Å². The summed E-state index contributed by atoms with van der Waals surface area (Å²) in [6, 6.07) is 4.67. The van der Waals surface area contributed by atoms with E-state index in [-0.39, 0.29) is 17.3 Å². The number of hydrogen-bond donors (Lipinski definition) is 2. The van der Waals surface area contributed by atoms with Gasteiger partial charge in [-0.15, -0.1) is 0 Å². The SMILES string of the molecule is O=[N+]([O-])c1cc(CNc2cnn(CCO)c2)ccc1Cl. The number of hydrogen-bond acceptors (Lipinski definition) is 5. The minimum absolute atomic E-state index is 0.0184. The molecule has 0 amide bonds. The molecule has 0 aliphatic rings. The van der Waals surface area contributed by atoms with Crippen LogP contribution in [0.1, 0.15) is 5.56 Å². The second-order valence-corrected chi connectivity index (χ2v) is 4.52. The van der Waals surface area contributed by atoms with Crippen LogP contribution in [0, 0.1) is 10.1 Å². The Kier molecular flexibility index (Phi) is 4.54. The third kappa shape index (κ3) is 3.46. The van der Waals surface area contributed by atoms with Crippen molar-refractivity contribution in [3.8, 4) is 0 Å². The first-order valence-corrected chi connectivity index (χ1v) is 6.28. The Labute approximate surface area is 119 Å². The Hall–Kier alpha value is -2.12. The van der Waals surface area contributed by atoms with E-state index in [9.17, 15) is 10.1 Å². The molecule has 1 aromatic carbocycles. The molecule has 0 spiro atoms. The molecule has 8 heteroatoms. The maximum Gasteiger partial charge on any atom is 0.288 e. The van der Waals surface area contributed by atoms with Gasteiger partial charge in [0.25, 0.3) is 5.69 Å². The van der Waals surface area contributed by atoms with Gasteiger partial charge in [0.1, 0.15) is 5.02 Å². The van der Waals surface area contributed by atoms with Crippen LogP contribution >= 0.6 is 11.6 Å². The van der Waals surface area contributed by atoms with Gasteiger partial charge in [-0.1, -0.05) is 17.7 Å². The quantitative estimate of drug-likeness (QED) is 0.628. The van der Waals surface area contributed by atoms with E-state index in [1.165, 1.54) is 12.1 Å². The molecule has 0 aliphatic heterocycles. The predicted molar refractivity (Wildman–Crippen MR) is 74.7 cm³/mol. The van der Waals surface area contributed by atoms with Crippen LogP contribution in [0.15, 0.2) is 30.6 Å². The van der Waals surface area contributed by atoms with Crippen molar-refractivity contribution in [1.82, 2.24) is 9.78 Å². The van der Waals surface area contributed by atoms with E-state index in [1.54, 1.807) is 23.1 Å². The number of benzene rings is 1. The van der Waals surface area contributed by atoms with Crippen LogP contribution < -0.4 is 5.32 Å². The molecule has 0 unspecified atom stereocenters. The van der Waals surface area contributed by atoms with E-state index in [0.29, 0.717) is 13.1 Å². The normalized spacial score (nSPS) is 10.5. The minimum Gasteiger partial charge on any atom is -0.394 e. The lowest BCUT2D eigenvalue weighted by Gasteiger charge is -2.04. The number of nitrogens with zero attached hydrogens (tertiary/aromatic N) is 3. The molecule has 0 atom stereocenters. The van der Waals surface area contributed by atoms with Gasteiger partial charge in [-0.2, -0.15) is 5.10 Å². The Morgan fingerprint density at radius 3 is 3.00 bits per heavy atom. The number of anilines is 1. The van der Waals surface area contributed by atoms with Crippen molar-refractivity contribution in [1.29, 1.82) is 0 Å². The summed E-state index contributed by atoms with van der Waals surface area (Å²) in [7, 11) is 0. The average Bonchev–Trinajstić information content (AvgIpc) is 2.86.